The van der Waals surface area contributed by atoms with Gasteiger partial charge < -0.3 is 14.4 Å². The third-order valence-electron chi connectivity index (χ3n) is 3.47. The van der Waals surface area contributed by atoms with E-state index in [1.165, 1.54) is 25.0 Å². The van der Waals surface area contributed by atoms with Gasteiger partial charge in [-0.2, -0.15) is 0 Å². The normalized spacial score (nSPS) is 17.8. The van der Waals surface area contributed by atoms with E-state index in [-0.39, 0.29) is 12.6 Å². The van der Waals surface area contributed by atoms with E-state index in [2.05, 4.69) is 4.90 Å². The van der Waals surface area contributed by atoms with Gasteiger partial charge in [0, 0.05) is 30.0 Å². The van der Waals surface area contributed by atoms with Crippen molar-refractivity contribution < 1.29 is 13.9 Å². The summed E-state index contributed by atoms with van der Waals surface area (Å²) in [7, 11) is 0. The highest BCUT2D eigenvalue weighted by Crippen LogP contribution is 2.32. The van der Waals surface area contributed by atoms with Gasteiger partial charge >= 0.3 is 0 Å². The second kappa shape index (κ2) is 6.28. The molecule has 0 amide bonds. The number of nitrogens with zero attached hydrogens (tertiary/aromatic N) is 1. The minimum absolute atomic E-state index is 0.229. The summed E-state index contributed by atoms with van der Waals surface area (Å²) in [6.45, 7) is 2.71. The van der Waals surface area contributed by atoms with Crippen LogP contribution in [0.3, 0.4) is 0 Å². The first-order valence-corrected chi connectivity index (χ1v) is 8.07. The van der Waals surface area contributed by atoms with Crippen molar-refractivity contribution in [1.82, 2.24) is 4.90 Å². The minimum Gasteiger partial charge on any atom is -0.467 e. The van der Waals surface area contributed by atoms with Crippen molar-refractivity contribution in [3.8, 4) is 5.75 Å². The van der Waals surface area contributed by atoms with Crippen LogP contribution in [-0.4, -0.2) is 29.1 Å². The Morgan fingerprint density at radius 3 is 2.95 bits per heavy atom. The summed E-state index contributed by atoms with van der Waals surface area (Å²) in [6, 6.07) is 3.01. The molecule has 3 nitrogen and oxygen atoms in total. The van der Waals surface area contributed by atoms with E-state index in [1.807, 2.05) is 0 Å². The van der Waals surface area contributed by atoms with Gasteiger partial charge in [-0.05, 0) is 25.0 Å². The Hall–Kier alpha value is -0.850. The monoisotopic (exact) mass is 313 g/mol. The maximum absolute atomic E-state index is 13.6. The Morgan fingerprint density at radius 1 is 1.35 bits per heavy atom. The number of rotatable bonds is 2. The van der Waals surface area contributed by atoms with Gasteiger partial charge in [0.15, 0.2) is 6.79 Å². The lowest BCUT2D eigenvalue weighted by Gasteiger charge is -2.22. The third-order valence-corrected chi connectivity index (χ3v) is 5.04. The van der Waals surface area contributed by atoms with E-state index in [9.17, 15) is 4.39 Å². The molecule has 2 heterocycles. The number of likely N-dealkylation sites (tertiary alicyclic amines) is 1. The predicted octanol–water partition coefficient (Wildman–Crippen LogP) is 3.31. The van der Waals surface area contributed by atoms with Crippen molar-refractivity contribution in [2.75, 3.05) is 19.9 Å². The van der Waals surface area contributed by atoms with E-state index >= 15 is 0 Å². The van der Waals surface area contributed by atoms with Crippen molar-refractivity contribution in [3.63, 3.8) is 0 Å². The molecule has 1 fully saturated rings. The topological polar surface area (TPSA) is 21.7 Å². The highest BCUT2D eigenvalue weighted by atomic mass is 32.2. The Morgan fingerprint density at radius 2 is 2.15 bits per heavy atom. The molecule has 0 radical (unpaired) electrons. The molecule has 2 aliphatic rings. The van der Waals surface area contributed by atoms with E-state index in [0.29, 0.717) is 12.4 Å². The van der Waals surface area contributed by atoms with Crippen LogP contribution < -0.4 is 4.74 Å². The quantitative estimate of drug-likeness (QED) is 0.779. The molecule has 6 heteroatoms. The highest BCUT2D eigenvalue weighted by Gasteiger charge is 2.19. The first-order valence-electron chi connectivity index (χ1n) is 6.67. The first-order chi connectivity index (χ1) is 9.74. The summed E-state index contributed by atoms with van der Waals surface area (Å²) in [4.78, 5) is 2.22. The average molecular weight is 313 g/mol. The lowest BCUT2D eigenvalue weighted by molar-refractivity contribution is -0.0171. The van der Waals surface area contributed by atoms with Gasteiger partial charge in [0.25, 0.3) is 0 Å². The summed E-state index contributed by atoms with van der Waals surface area (Å²) in [5, 5.41) is 0. The molecule has 0 unspecified atom stereocenters. The molecule has 1 saturated heterocycles. The molecule has 1 aromatic rings. The number of hydrogen-bond acceptors (Lipinski definition) is 4. The van der Waals surface area contributed by atoms with Gasteiger partial charge in [0.2, 0.25) is 0 Å². The van der Waals surface area contributed by atoms with Gasteiger partial charge in [-0.1, -0.05) is 24.0 Å². The minimum atomic E-state index is -0.249. The molecule has 0 aromatic heterocycles. The standard InChI is InChI=1S/C14H16FNO2S2/c15-12-5-10-7-17-9-18-13(10)11(6-12)8-20-14(19)16-3-1-2-4-16/h5-6H,1-4,7-9H2. The van der Waals surface area contributed by atoms with Gasteiger partial charge in [-0.3, -0.25) is 0 Å². The molecule has 0 saturated carbocycles. The van der Waals surface area contributed by atoms with Crippen molar-refractivity contribution in [2.45, 2.75) is 25.2 Å². The summed E-state index contributed by atoms with van der Waals surface area (Å²) in [5.74, 6) is 1.14. The van der Waals surface area contributed by atoms with Crippen LogP contribution in [0, 0.1) is 5.82 Å². The molecule has 108 valence electrons. The summed E-state index contributed by atoms with van der Waals surface area (Å²) in [6.07, 6.45) is 2.41. The molecule has 0 spiro atoms. The van der Waals surface area contributed by atoms with Crippen LogP contribution >= 0.6 is 24.0 Å². The molecule has 2 aliphatic heterocycles. The molecule has 0 atom stereocenters. The molecule has 0 aliphatic carbocycles. The van der Waals surface area contributed by atoms with E-state index in [4.69, 9.17) is 21.7 Å². The van der Waals surface area contributed by atoms with Gasteiger partial charge in [0.05, 0.1) is 6.61 Å². The van der Waals surface area contributed by atoms with E-state index in [0.717, 1.165) is 34.3 Å². The van der Waals surface area contributed by atoms with Crippen molar-refractivity contribution in [3.05, 3.63) is 29.1 Å². The fourth-order valence-corrected chi connectivity index (χ4v) is 3.71. The number of thiocarbonyl (C=S) groups is 1. The fourth-order valence-electron chi connectivity index (χ4n) is 2.49. The van der Waals surface area contributed by atoms with Crippen LogP contribution in [0.15, 0.2) is 12.1 Å². The molecule has 20 heavy (non-hydrogen) atoms. The van der Waals surface area contributed by atoms with Crippen LogP contribution in [-0.2, 0) is 17.1 Å². The maximum Gasteiger partial charge on any atom is 0.189 e. The largest absolute Gasteiger partial charge is 0.467 e. The van der Waals surface area contributed by atoms with Crippen LogP contribution in [0.4, 0.5) is 4.39 Å². The lowest BCUT2D eigenvalue weighted by Crippen LogP contribution is -2.23. The average Bonchev–Trinajstić information content (AvgIpc) is 2.98. The number of halogens is 1. The number of thioether (sulfide) groups is 1. The molecule has 3 rings (SSSR count). The van der Waals surface area contributed by atoms with Gasteiger partial charge in [-0.25, -0.2) is 4.39 Å². The van der Waals surface area contributed by atoms with Crippen molar-refractivity contribution in [2.24, 2.45) is 0 Å². The number of benzene rings is 1. The van der Waals surface area contributed by atoms with Gasteiger partial charge in [-0.15, -0.1) is 0 Å². The Bertz CT molecular complexity index is 518. The number of hydrogen-bond donors (Lipinski definition) is 0. The number of ether oxygens (including phenoxy) is 2. The molecular formula is C14H16FNO2S2. The smallest absolute Gasteiger partial charge is 0.189 e. The molecule has 0 N–H and O–H groups in total. The van der Waals surface area contributed by atoms with E-state index < -0.39 is 0 Å². The van der Waals surface area contributed by atoms with Crippen LogP contribution in [0.2, 0.25) is 0 Å². The SMILES string of the molecule is Fc1cc2c(c(CSC(=S)N3CCCC3)c1)OCOC2. The Labute approximate surface area is 127 Å². The third kappa shape index (κ3) is 3.07. The summed E-state index contributed by atoms with van der Waals surface area (Å²) >= 11 is 7.01. The number of fused-ring (bicyclic) bond motifs is 1. The lowest BCUT2D eigenvalue weighted by atomic mass is 10.1. The van der Waals surface area contributed by atoms with Crippen molar-refractivity contribution >= 4 is 28.3 Å². The zero-order chi connectivity index (χ0) is 13.9. The zero-order valence-corrected chi connectivity index (χ0v) is 12.7. The summed E-state index contributed by atoms with van der Waals surface area (Å²) in [5.41, 5.74) is 1.63. The molecule has 0 bridgehead atoms. The second-order valence-corrected chi connectivity index (χ2v) is 6.52. The second-order valence-electron chi connectivity index (χ2n) is 4.91. The Kier molecular flexibility index (Phi) is 4.43. The van der Waals surface area contributed by atoms with Crippen LogP contribution in [0.5, 0.6) is 5.75 Å². The van der Waals surface area contributed by atoms with Gasteiger partial charge in [0.1, 0.15) is 15.9 Å². The molecular weight excluding hydrogens is 297 g/mol. The highest BCUT2D eigenvalue weighted by molar-refractivity contribution is 8.22. The fraction of sp³-hybridized carbons (Fsp3) is 0.500. The molecule has 1 aromatic carbocycles. The summed E-state index contributed by atoms with van der Waals surface area (Å²) < 4.78 is 25.2. The predicted molar refractivity (Wildman–Crippen MR) is 81.4 cm³/mol. The van der Waals surface area contributed by atoms with E-state index in [1.54, 1.807) is 11.8 Å². The zero-order valence-electron chi connectivity index (χ0n) is 11.1. The van der Waals surface area contributed by atoms with Crippen LogP contribution in [0.1, 0.15) is 24.0 Å². The first kappa shape index (κ1) is 14.1. The maximum atomic E-state index is 13.6. The Balaban J connectivity index is 1.70. The van der Waals surface area contributed by atoms with Crippen molar-refractivity contribution in [1.29, 1.82) is 0 Å². The van der Waals surface area contributed by atoms with Crippen LogP contribution in [0.25, 0.3) is 0 Å².